The third-order valence-electron chi connectivity index (χ3n) is 2.77. The van der Waals surface area contributed by atoms with Crippen molar-refractivity contribution in [3.63, 3.8) is 0 Å². The van der Waals surface area contributed by atoms with E-state index in [1.807, 2.05) is 31.2 Å². The van der Waals surface area contributed by atoms with Gasteiger partial charge in [0, 0.05) is 24.7 Å². The van der Waals surface area contributed by atoms with Gasteiger partial charge in [-0.1, -0.05) is 42.8 Å². The van der Waals surface area contributed by atoms with Gasteiger partial charge in [0.1, 0.15) is 0 Å². The highest BCUT2D eigenvalue weighted by Crippen LogP contribution is 2.13. The number of carboxylic acids is 1. The lowest BCUT2D eigenvalue weighted by molar-refractivity contribution is -0.141. The Bertz CT molecular complexity index is 442. The zero-order chi connectivity index (χ0) is 14.4. The highest BCUT2D eigenvalue weighted by molar-refractivity contribution is 6.30. The van der Waals surface area contributed by atoms with Crippen molar-refractivity contribution >= 4 is 17.6 Å². The molecule has 0 saturated heterocycles. The standard InChI is InChI=1S/C15H20ClNO2/c1-11(2)8-17(9-12(3)15(18)19)10-13-4-6-14(16)7-5-13/h4-7,12H,1,8-10H2,2-3H3,(H,18,19). The van der Waals surface area contributed by atoms with Crippen molar-refractivity contribution in [3.05, 3.63) is 47.0 Å². The van der Waals surface area contributed by atoms with E-state index in [9.17, 15) is 4.79 Å². The van der Waals surface area contributed by atoms with Crippen LogP contribution in [0.15, 0.2) is 36.4 Å². The van der Waals surface area contributed by atoms with Crippen LogP contribution in [0.3, 0.4) is 0 Å². The number of halogens is 1. The average molecular weight is 282 g/mol. The Balaban J connectivity index is 2.71. The van der Waals surface area contributed by atoms with Crippen LogP contribution in [0.2, 0.25) is 5.02 Å². The molecule has 19 heavy (non-hydrogen) atoms. The maximum Gasteiger partial charge on any atom is 0.307 e. The summed E-state index contributed by atoms with van der Waals surface area (Å²) in [6, 6.07) is 7.60. The number of carboxylic acid groups (broad SMARTS) is 1. The van der Waals surface area contributed by atoms with Gasteiger partial charge in [-0.05, 0) is 24.6 Å². The molecule has 4 heteroatoms. The molecule has 1 aromatic rings. The molecular formula is C15H20ClNO2. The fourth-order valence-electron chi connectivity index (χ4n) is 1.88. The van der Waals surface area contributed by atoms with Gasteiger partial charge in [-0.2, -0.15) is 0 Å². The summed E-state index contributed by atoms with van der Waals surface area (Å²) in [5.74, 6) is -1.17. The topological polar surface area (TPSA) is 40.5 Å². The summed E-state index contributed by atoms with van der Waals surface area (Å²) in [5.41, 5.74) is 2.13. The minimum atomic E-state index is -0.775. The van der Waals surface area contributed by atoms with Gasteiger partial charge in [0.2, 0.25) is 0 Å². The molecule has 0 bridgehead atoms. The lowest BCUT2D eigenvalue weighted by Gasteiger charge is -2.24. The number of hydrogen-bond donors (Lipinski definition) is 1. The van der Waals surface area contributed by atoms with Crippen LogP contribution in [-0.4, -0.2) is 29.1 Å². The molecular weight excluding hydrogens is 262 g/mol. The first-order valence-electron chi connectivity index (χ1n) is 6.22. The van der Waals surface area contributed by atoms with E-state index in [4.69, 9.17) is 16.7 Å². The first-order chi connectivity index (χ1) is 8.88. The van der Waals surface area contributed by atoms with Crippen LogP contribution in [0.4, 0.5) is 0 Å². The van der Waals surface area contributed by atoms with Crippen molar-refractivity contribution < 1.29 is 9.90 Å². The Morgan fingerprint density at radius 1 is 1.42 bits per heavy atom. The molecule has 1 unspecified atom stereocenters. The van der Waals surface area contributed by atoms with E-state index in [-0.39, 0.29) is 0 Å². The van der Waals surface area contributed by atoms with Gasteiger partial charge < -0.3 is 5.11 Å². The lowest BCUT2D eigenvalue weighted by atomic mass is 10.1. The Morgan fingerprint density at radius 2 is 2.00 bits per heavy atom. The number of aliphatic carboxylic acids is 1. The Kier molecular flexibility index (Phi) is 6.06. The van der Waals surface area contributed by atoms with Crippen molar-refractivity contribution in [3.8, 4) is 0 Å². The minimum Gasteiger partial charge on any atom is -0.481 e. The maximum atomic E-state index is 11.0. The fraction of sp³-hybridized carbons (Fsp3) is 0.400. The number of benzene rings is 1. The SMILES string of the molecule is C=C(C)CN(Cc1ccc(Cl)cc1)CC(C)C(=O)O. The summed E-state index contributed by atoms with van der Waals surface area (Å²) < 4.78 is 0. The second-order valence-electron chi connectivity index (χ2n) is 4.99. The molecule has 1 aromatic carbocycles. The molecule has 1 N–H and O–H groups in total. The van der Waals surface area contributed by atoms with E-state index in [0.717, 1.165) is 11.1 Å². The molecule has 104 valence electrons. The van der Waals surface area contributed by atoms with Crippen LogP contribution < -0.4 is 0 Å². The first kappa shape index (κ1) is 15.7. The van der Waals surface area contributed by atoms with Gasteiger partial charge in [0.05, 0.1) is 5.92 Å². The summed E-state index contributed by atoms with van der Waals surface area (Å²) in [5, 5.41) is 9.70. The third-order valence-corrected chi connectivity index (χ3v) is 3.02. The van der Waals surface area contributed by atoms with E-state index in [0.29, 0.717) is 24.7 Å². The summed E-state index contributed by atoms with van der Waals surface area (Å²) in [7, 11) is 0. The van der Waals surface area contributed by atoms with Gasteiger partial charge >= 0.3 is 5.97 Å². The minimum absolute atomic E-state index is 0.397. The van der Waals surface area contributed by atoms with Crippen LogP contribution in [0.25, 0.3) is 0 Å². The molecule has 0 saturated carbocycles. The lowest BCUT2D eigenvalue weighted by Crippen LogP contribution is -2.32. The van der Waals surface area contributed by atoms with E-state index < -0.39 is 11.9 Å². The molecule has 0 spiro atoms. The number of nitrogens with zero attached hydrogens (tertiary/aromatic N) is 1. The molecule has 0 radical (unpaired) electrons. The fourth-order valence-corrected chi connectivity index (χ4v) is 2.01. The van der Waals surface area contributed by atoms with E-state index in [1.54, 1.807) is 6.92 Å². The predicted octanol–water partition coefficient (Wildman–Crippen LogP) is 3.44. The molecule has 0 aliphatic rings. The molecule has 1 atom stereocenters. The zero-order valence-electron chi connectivity index (χ0n) is 11.4. The van der Waals surface area contributed by atoms with Gasteiger partial charge in [-0.25, -0.2) is 0 Å². The van der Waals surface area contributed by atoms with Crippen molar-refractivity contribution in [2.45, 2.75) is 20.4 Å². The first-order valence-corrected chi connectivity index (χ1v) is 6.60. The molecule has 0 amide bonds. The molecule has 0 aliphatic carbocycles. The van der Waals surface area contributed by atoms with Crippen LogP contribution in [0.5, 0.6) is 0 Å². The van der Waals surface area contributed by atoms with Crippen molar-refractivity contribution in [1.82, 2.24) is 4.90 Å². The molecule has 0 aromatic heterocycles. The quantitative estimate of drug-likeness (QED) is 0.779. The summed E-state index contributed by atoms with van der Waals surface area (Å²) in [6.07, 6.45) is 0. The smallest absolute Gasteiger partial charge is 0.307 e. The van der Waals surface area contributed by atoms with Crippen LogP contribution in [0.1, 0.15) is 19.4 Å². The van der Waals surface area contributed by atoms with Gasteiger partial charge in [0.15, 0.2) is 0 Å². The summed E-state index contributed by atoms with van der Waals surface area (Å²) in [4.78, 5) is 13.0. The largest absolute Gasteiger partial charge is 0.481 e. The van der Waals surface area contributed by atoms with Crippen molar-refractivity contribution in [2.75, 3.05) is 13.1 Å². The molecule has 0 heterocycles. The van der Waals surface area contributed by atoms with E-state index in [1.165, 1.54) is 0 Å². The highest BCUT2D eigenvalue weighted by Gasteiger charge is 2.16. The Morgan fingerprint density at radius 3 is 2.47 bits per heavy atom. The van der Waals surface area contributed by atoms with Gasteiger partial charge in [-0.3, -0.25) is 9.69 Å². The summed E-state index contributed by atoms with van der Waals surface area (Å²) >= 11 is 5.85. The van der Waals surface area contributed by atoms with E-state index >= 15 is 0 Å². The zero-order valence-corrected chi connectivity index (χ0v) is 12.2. The van der Waals surface area contributed by atoms with Crippen molar-refractivity contribution in [1.29, 1.82) is 0 Å². The van der Waals surface area contributed by atoms with Crippen LogP contribution >= 0.6 is 11.6 Å². The number of rotatable bonds is 7. The average Bonchev–Trinajstić information content (AvgIpc) is 2.31. The highest BCUT2D eigenvalue weighted by atomic mass is 35.5. The second-order valence-corrected chi connectivity index (χ2v) is 5.43. The summed E-state index contributed by atoms with van der Waals surface area (Å²) in [6.45, 7) is 9.45. The molecule has 0 aliphatic heterocycles. The van der Waals surface area contributed by atoms with Gasteiger partial charge in [0.25, 0.3) is 0 Å². The number of hydrogen-bond acceptors (Lipinski definition) is 2. The Labute approximate surface area is 119 Å². The molecule has 0 fully saturated rings. The van der Waals surface area contributed by atoms with Crippen LogP contribution in [0, 0.1) is 5.92 Å². The normalized spacial score (nSPS) is 12.4. The van der Waals surface area contributed by atoms with Crippen LogP contribution in [-0.2, 0) is 11.3 Å². The van der Waals surface area contributed by atoms with Crippen molar-refractivity contribution in [2.24, 2.45) is 5.92 Å². The second kappa shape index (κ2) is 7.31. The van der Waals surface area contributed by atoms with E-state index in [2.05, 4.69) is 11.5 Å². The molecule has 1 rings (SSSR count). The predicted molar refractivity (Wildman–Crippen MR) is 78.3 cm³/mol. The Hall–Kier alpha value is -1.32. The number of carbonyl (C=O) groups is 1. The maximum absolute atomic E-state index is 11.0. The third kappa shape index (κ3) is 5.90. The van der Waals surface area contributed by atoms with Gasteiger partial charge in [-0.15, -0.1) is 0 Å². The molecule has 3 nitrogen and oxygen atoms in total. The monoisotopic (exact) mass is 281 g/mol.